The number of pyridine rings is 1. The summed E-state index contributed by atoms with van der Waals surface area (Å²) in [6.07, 6.45) is 1.85. The van der Waals surface area contributed by atoms with E-state index < -0.39 is 0 Å². The van der Waals surface area contributed by atoms with E-state index in [9.17, 15) is 4.79 Å². The smallest absolute Gasteiger partial charge is 0.237 e. The summed E-state index contributed by atoms with van der Waals surface area (Å²) in [6, 6.07) is 19.5. The molecular weight excluding hydrogens is 402 g/mol. The number of nitrogens with zero attached hydrogens (tertiary/aromatic N) is 3. The van der Waals surface area contributed by atoms with Crippen LogP contribution in [0.1, 0.15) is 30.9 Å². The predicted molar refractivity (Wildman–Crippen MR) is 120 cm³/mol. The van der Waals surface area contributed by atoms with Crippen molar-refractivity contribution in [1.82, 2.24) is 9.97 Å². The standard InChI is InChI=1S/C23H20ClN3OS/c1-15(2)17-8-10-18(11-9-17)27(22(28)13-16-7-12-21(24)25-14-16)23-26-19-5-3-4-6-20(19)29-23/h3-12,14-15H,13H2,1-2H3. The molecule has 6 heteroatoms. The van der Waals surface area contributed by atoms with Gasteiger partial charge < -0.3 is 0 Å². The van der Waals surface area contributed by atoms with E-state index in [4.69, 9.17) is 16.6 Å². The summed E-state index contributed by atoms with van der Waals surface area (Å²) >= 11 is 7.38. The molecule has 4 nitrogen and oxygen atoms in total. The van der Waals surface area contributed by atoms with Crippen molar-refractivity contribution in [1.29, 1.82) is 0 Å². The SMILES string of the molecule is CC(C)c1ccc(N(C(=O)Cc2ccc(Cl)nc2)c2nc3ccccc3s2)cc1. The van der Waals surface area contributed by atoms with E-state index in [-0.39, 0.29) is 12.3 Å². The number of aromatic nitrogens is 2. The van der Waals surface area contributed by atoms with Gasteiger partial charge in [-0.1, -0.05) is 67.1 Å². The van der Waals surface area contributed by atoms with Crippen molar-refractivity contribution in [3.63, 3.8) is 0 Å². The molecule has 1 amide bonds. The van der Waals surface area contributed by atoms with Crippen molar-refractivity contribution < 1.29 is 4.79 Å². The minimum absolute atomic E-state index is 0.0644. The minimum atomic E-state index is -0.0644. The third-order valence-electron chi connectivity index (χ3n) is 4.69. The lowest BCUT2D eigenvalue weighted by molar-refractivity contribution is -0.117. The van der Waals surface area contributed by atoms with Gasteiger partial charge in [0, 0.05) is 6.20 Å². The summed E-state index contributed by atoms with van der Waals surface area (Å²) in [5, 5.41) is 1.07. The summed E-state index contributed by atoms with van der Waals surface area (Å²) in [5.41, 5.74) is 3.73. The summed E-state index contributed by atoms with van der Waals surface area (Å²) in [6.45, 7) is 4.30. The van der Waals surface area contributed by atoms with Crippen molar-refractivity contribution in [2.24, 2.45) is 0 Å². The highest BCUT2D eigenvalue weighted by Gasteiger charge is 2.22. The summed E-state index contributed by atoms with van der Waals surface area (Å²) in [7, 11) is 0. The Bertz CT molecular complexity index is 1100. The molecule has 0 aliphatic heterocycles. The summed E-state index contributed by atoms with van der Waals surface area (Å²) in [5.74, 6) is 0.362. The molecule has 2 aromatic carbocycles. The molecule has 4 aromatic rings. The van der Waals surface area contributed by atoms with Crippen LogP contribution in [-0.2, 0) is 11.2 Å². The lowest BCUT2D eigenvalue weighted by atomic mass is 10.0. The number of benzene rings is 2. The highest BCUT2D eigenvalue weighted by Crippen LogP contribution is 2.34. The van der Waals surface area contributed by atoms with Gasteiger partial charge in [-0.2, -0.15) is 0 Å². The number of fused-ring (bicyclic) bond motifs is 1. The van der Waals surface area contributed by atoms with Gasteiger partial charge in [-0.05, 0) is 47.4 Å². The third kappa shape index (κ3) is 4.31. The summed E-state index contributed by atoms with van der Waals surface area (Å²) in [4.78, 5) is 23.8. The maximum Gasteiger partial charge on any atom is 0.237 e. The van der Waals surface area contributed by atoms with Crippen LogP contribution in [0.4, 0.5) is 10.8 Å². The first-order chi connectivity index (χ1) is 14.0. The maximum absolute atomic E-state index is 13.3. The Balaban J connectivity index is 1.73. The van der Waals surface area contributed by atoms with E-state index in [1.807, 2.05) is 42.5 Å². The molecule has 29 heavy (non-hydrogen) atoms. The van der Waals surface area contributed by atoms with Crippen molar-refractivity contribution >= 4 is 49.9 Å². The van der Waals surface area contributed by atoms with Crippen LogP contribution in [0.25, 0.3) is 10.2 Å². The predicted octanol–water partition coefficient (Wildman–Crippen LogP) is 6.38. The van der Waals surface area contributed by atoms with Crippen LogP contribution in [-0.4, -0.2) is 15.9 Å². The van der Waals surface area contributed by atoms with Gasteiger partial charge in [0.2, 0.25) is 5.91 Å². The fraction of sp³-hybridized carbons (Fsp3) is 0.174. The molecule has 0 aliphatic rings. The normalized spacial score (nSPS) is 11.2. The lowest BCUT2D eigenvalue weighted by Gasteiger charge is -2.21. The second-order valence-electron chi connectivity index (χ2n) is 7.11. The van der Waals surface area contributed by atoms with Crippen LogP contribution < -0.4 is 4.90 Å². The molecule has 0 atom stereocenters. The van der Waals surface area contributed by atoms with Gasteiger partial charge >= 0.3 is 0 Å². The van der Waals surface area contributed by atoms with Crippen molar-refractivity contribution in [2.75, 3.05) is 4.90 Å². The van der Waals surface area contributed by atoms with Gasteiger partial charge in [-0.3, -0.25) is 9.69 Å². The molecule has 4 rings (SSSR count). The second kappa shape index (κ2) is 8.31. The molecule has 0 radical (unpaired) electrons. The maximum atomic E-state index is 13.3. The Morgan fingerprint density at radius 2 is 1.83 bits per heavy atom. The van der Waals surface area contributed by atoms with E-state index in [0.29, 0.717) is 16.2 Å². The number of hydrogen-bond donors (Lipinski definition) is 0. The van der Waals surface area contributed by atoms with Crippen LogP contribution in [0, 0.1) is 0 Å². The molecule has 0 spiro atoms. The second-order valence-corrected chi connectivity index (χ2v) is 8.50. The van der Waals surface area contributed by atoms with Gasteiger partial charge in [0.25, 0.3) is 0 Å². The van der Waals surface area contributed by atoms with Crippen molar-refractivity contribution in [3.05, 3.63) is 83.1 Å². The van der Waals surface area contributed by atoms with Crippen LogP contribution in [0.3, 0.4) is 0 Å². The Morgan fingerprint density at radius 1 is 1.07 bits per heavy atom. The van der Waals surface area contributed by atoms with Crippen LogP contribution in [0.2, 0.25) is 5.15 Å². The zero-order valence-electron chi connectivity index (χ0n) is 16.2. The highest BCUT2D eigenvalue weighted by molar-refractivity contribution is 7.22. The minimum Gasteiger partial charge on any atom is -0.274 e. The van der Waals surface area contributed by atoms with Crippen LogP contribution >= 0.6 is 22.9 Å². The number of carbonyl (C=O) groups excluding carboxylic acids is 1. The zero-order chi connectivity index (χ0) is 20.4. The number of carbonyl (C=O) groups is 1. The molecule has 0 bridgehead atoms. The van der Waals surface area contributed by atoms with Crippen LogP contribution in [0.5, 0.6) is 0 Å². The first-order valence-corrected chi connectivity index (χ1v) is 10.6. The topological polar surface area (TPSA) is 46.1 Å². The number of hydrogen-bond acceptors (Lipinski definition) is 4. The monoisotopic (exact) mass is 421 g/mol. The number of amides is 1. The quantitative estimate of drug-likeness (QED) is 0.351. The van der Waals surface area contributed by atoms with E-state index in [1.165, 1.54) is 16.9 Å². The molecule has 0 saturated carbocycles. The summed E-state index contributed by atoms with van der Waals surface area (Å²) < 4.78 is 1.05. The highest BCUT2D eigenvalue weighted by atomic mass is 35.5. The zero-order valence-corrected chi connectivity index (χ0v) is 17.7. The molecule has 2 aromatic heterocycles. The molecular formula is C23H20ClN3OS. The molecule has 0 N–H and O–H groups in total. The molecule has 2 heterocycles. The Kier molecular flexibility index (Phi) is 5.60. The van der Waals surface area contributed by atoms with E-state index >= 15 is 0 Å². The van der Waals surface area contributed by atoms with Gasteiger partial charge in [0.05, 0.1) is 22.3 Å². The fourth-order valence-corrected chi connectivity index (χ4v) is 4.21. The van der Waals surface area contributed by atoms with Gasteiger partial charge in [-0.25, -0.2) is 9.97 Å². The average Bonchev–Trinajstić information content (AvgIpc) is 3.14. The third-order valence-corrected chi connectivity index (χ3v) is 5.93. The van der Waals surface area contributed by atoms with Crippen LogP contribution in [0.15, 0.2) is 66.9 Å². The fourth-order valence-electron chi connectivity index (χ4n) is 3.09. The Morgan fingerprint density at radius 3 is 2.48 bits per heavy atom. The molecule has 146 valence electrons. The van der Waals surface area contributed by atoms with E-state index in [1.54, 1.807) is 17.2 Å². The molecule has 0 saturated heterocycles. The number of rotatable bonds is 5. The average molecular weight is 422 g/mol. The Hall–Kier alpha value is -2.76. The van der Waals surface area contributed by atoms with Gasteiger partial charge in [0.15, 0.2) is 5.13 Å². The van der Waals surface area contributed by atoms with Gasteiger partial charge in [-0.15, -0.1) is 0 Å². The first-order valence-electron chi connectivity index (χ1n) is 9.40. The number of halogens is 1. The molecule has 0 fully saturated rings. The van der Waals surface area contributed by atoms with Gasteiger partial charge in [0.1, 0.15) is 5.15 Å². The largest absolute Gasteiger partial charge is 0.274 e. The van der Waals surface area contributed by atoms with Crippen molar-refractivity contribution in [3.8, 4) is 0 Å². The first kappa shape index (κ1) is 19.6. The van der Waals surface area contributed by atoms with E-state index in [2.05, 4.69) is 31.0 Å². The lowest BCUT2D eigenvalue weighted by Crippen LogP contribution is -2.27. The number of para-hydroxylation sites is 1. The number of anilines is 2. The Labute approximate surface area is 178 Å². The number of thiazole rings is 1. The molecule has 0 unspecified atom stereocenters. The van der Waals surface area contributed by atoms with Crippen molar-refractivity contribution in [2.45, 2.75) is 26.2 Å². The van der Waals surface area contributed by atoms with E-state index in [0.717, 1.165) is 21.5 Å². The molecule has 0 aliphatic carbocycles.